The van der Waals surface area contributed by atoms with Gasteiger partial charge < -0.3 is 26.2 Å². The van der Waals surface area contributed by atoms with Crippen LogP contribution in [0.15, 0.2) is 0 Å². The number of urea groups is 1. The van der Waals surface area contributed by atoms with E-state index in [9.17, 15) is 32.4 Å². The highest BCUT2D eigenvalue weighted by Gasteiger charge is 2.69. The van der Waals surface area contributed by atoms with Gasteiger partial charge in [0, 0.05) is 12.6 Å². The number of rotatable bonds is 6. The van der Waals surface area contributed by atoms with Crippen molar-refractivity contribution in [1.29, 1.82) is 0 Å². The molecule has 0 radical (unpaired) electrons. The Morgan fingerprint density at radius 2 is 1.40 bits per heavy atom. The van der Waals surface area contributed by atoms with Gasteiger partial charge in [-0.3, -0.25) is 19.2 Å². The molecule has 3 saturated carbocycles. The number of carbonyl (C=O) groups is 5. The Kier molecular flexibility index (Phi) is 11.2. The molecule has 6 rings (SSSR count). The monoisotopic (exact) mass is 717 g/mol. The lowest BCUT2D eigenvalue weighted by Gasteiger charge is -2.45. The van der Waals surface area contributed by atoms with E-state index in [0.717, 1.165) is 77.0 Å². The molecule has 0 spiro atoms. The van der Waals surface area contributed by atoms with Gasteiger partial charge in [-0.2, -0.15) is 0 Å². The molecule has 0 aromatic carbocycles. The molecule has 3 saturated heterocycles. The molecule has 5 amide bonds. The summed E-state index contributed by atoms with van der Waals surface area (Å²) in [6, 6.07) is -3.18. The Morgan fingerprint density at radius 1 is 0.780 bits per heavy atom. The Bertz CT molecular complexity index is 1420. The minimum Gasteiger partial charge on any atom is -0.347 e. The smallest absolute Gasteiger partial charge is 0.315 e. The summed E-state index contributed by atoms with van der Waals surface area (Å²) in [5.74, 6) is -1.91. The van der Waals surface area contributed by atoms with Gasteiger partial charge in [-0.15, -0.1) is 0 Å². The highest BCUT2D eigenvalue weighted by atomic mass is 32.2. The molecule has 280 valence electrons. The van der Waals surface area contributed by atoms with Gasteiger partial charge in [0.1, 0.15) is 12.1 Å². The number of ketones is 1. The normalized spacial score (nSPS) is 34.3. The average Bonchev–Trinajstić information content (AvgIpc) is 3.92. The zero-order chi connectivity index (χ0) is 35.7. The van der Waals surface area contributed by atoms with E-state index in [2.05, 4.69) is 35.1 Å². The summed E-state index contributed by atoms with van der Waals surface area (Å²) in [6.45, 7) is 4.56. The predicted molar refractivity (Wildman–Crippen MR) is 189 cm³/mol. The van der Waals surface area contributed by atoms with Gasteiger partial charge in [-0.1, -0.05) is 84.5 Å². The number of hydrogen-bond acceptors (Lipinski definition) is 7. The number of sulfone groups is 1. The van der Waals surface area contributed by atoms with Crippen LogP contribution in [-0.4, -0.2) is 90.1 Å². The van der Waals surface area contributed by atoms with E-state index in [1.807, 2.05) is 0 Å². The molecule has 0 aromatic rings. The number of piperidine rings is 1. The van der Waals surface area contributed by atoms with Crippen molar-refractivity contribution in [1.82, 2.24) is 26.2 Å². The fourth-order valence-corrected chi connectivity index (χ4v) is 12.1. The van der Waals surface area contributed by atoms with Crippen molar-refractivity contribution in [2.45, 2.75) is 171 Å². The van der Waals surface area contributed by atoms with E-state index in [1.54, 1.807) is 4.90 Å². The standard InChI is InChI=1S/C37H59N5O7S/c1-36(2)25-23-42-30(29(25)36)32(44)39-26(31(43)33(45)38-24-18-19-24)15-9-6-4-3-5-7-10-16-27(34(42)46)40-35(47)41-37(20-12-8-13-21-37)28-17-11-14-22-50(28,48)49/h24-30H,3-23H2,1-2H3,(H,38,45)(H,39,44)(H2,40,41,47)/t25-,26+,27+,28+,29-,30-/m0/s1. The summed E-state index contributed by atoms with van der Waals surface area (Å²) in [5, 5.41) is 11.2. The van der Waals surface area contributed by atoms with Crippen molar-refractivity contribution in [2.75, 3.05) is 12.3 Å². The Morgan fingerprint density at radius 3 is 2.06 bits per heavy atom. The molecule has 6 aliphatic rings. The molecule has 3 aliphatic carbocycles. The summed E-state index contributed by atoms with van der Waals surface area (Å²) in [7, 11) is -3.37. The number of carbonyl (C=O) groups excluding carboxylic acids is 5. The topological polar surface area (TPSA) is 171 Å². The Hall–Kier alpha value is -2.70. The number of Topliss-reactive ketones (excluding diaryl/α,β-unsaturated/α-hetero) is 1. The quantitative estimate of drug-likeness (QED) is 0.304. The van der Waals surface area contributed by atoms with Crippen molar-refractivity contribution in [3.63, 3.8) is 0 Å². The van der Waals surface area contributed by atoms with Gasteiger partial charge in [0.25, 0.3) is 5.91 Å². The zero-order valence-corrected chi connectivity index (χ0v) is 30.9. The molecule has 0 aromatic heterocycles. The molecule has 6 fully saturated rings. The van der Waals surface area contributed by atoms with E-state index < -0.39 is 62.4 Å². The summed E-state index contributed by atoms with van der Waals surface area (Å²) in [5.41, 5.74) is -1.03. The van der Waals surface area contributed by atoms with Crippen LogP contribution in [0.2, 0.25) is 0 Å². The van der Waals surface area contributed by atoms with E-state index >= 15 is 0 Å². The molecule has 50 heavy (non-hydrogen) atoms. The van der Waals surface area contributed by atoms with Crippen molar-refractivity contribution in [3.05, 3.63) is 0 Å². The van der Waals surface area contributed by atoms with Crippen LogP contribution >= 0.6 is 0 Å². The Labute approximate surface area is 297 Å². The van der Waals surface area contributed by atoms with Gasteiger partial charge in [-0.25, -0.2) is 13.2 Å². The second-order valence-electron chi connectivity index (χ2n) is 16.8. The maximum atomic E-state index is 14.5. The van der Waals surface area contributed by atoms with Crippen molar-refractivity contribution < 1.29 is 32.4 Å². The maximum absolute atomic E-state index is 14.5. The molecule has 0 unspecified atom stereocenters. The largest absolute Gasteiger partial charge is 0.347 e. The maximum Gasteiger partial charge on any atom is 0.315 e. The third-order valence-corrected chi connectivity index (χ3v) is 15.3. The van der Waals surface area contributed by atoms with E-state index in [-0.39, 0.29) is 35.0 Å². The van der Waals surface area contributed by atoms with Crippen LogP contribution in [-0.2, 0) is 29.0 Å². The van der Waals surface area contributed by atoms with Crippen LogP contribution in [0.3, 0.4) is 0 Å². The Balaban J connectivity index is 1.22. The molecule has 12 nitrogen and oxygen atoms in total. The van der Waals surface area contributed by atoms with Crippen LogP contribution in [0.4, 0.5) is 4.79 Å². The first kappa shape index (κ1) is 37.1. The van der Waals surface area contributed by atoms with E-state index in [0.29, 0.717) is 51.5 Å². The number of fused-ring (bicyclic) bond motifs is 3. The average molecular weight is 718 g/mol. The summed E-state index contributed by atoms with van der Waals surface area (Å²) >= 11 is 0. The van der Waals surface area contributed by atoms with E-state index in [1.165, 1.54) is 0 Å². The molecule has 3 aliphatic heterocycles. The third-order valence-electron chi connectivity index (χ3n) is 12.9. The van der Waals surface area contributed by atoms with Crippen LogP contribution < -0.4 is 21.3 Å². The number of amides is 5. The molecular weight excluding hydrogens is 659 g/mol. The minimum absolute atomic E-state index is 0.0194. The highest BCUT2D eigenvalue weighted by Crippen LogP contribution is 2.65. The predicted octanol–water partition coefficient (Wildman–Crippen LogP) is 3.66. The fraction of sp³-hybridized carbons (Fsp3) is 0.865. The third kappa shape index (κ3) is 8.02. The lowest BCUT2D eigenvalue weighted by atomic mass is 9.77. The molecule has 4 N–H and O–H groups in total. The summed E-state index contributed by atoms with van der Waals surface area (Å²) in [4.78, 5) is 70.3. The van der Waals surface area contributed by atoms with Gasteiger partial charge in [0.2, 0.25) is 17.6 Å². The first-order valence-electron chi connectivity index (χ1n) is 19.6. The molecule has 13 heteroatoms. The molecular formula is C37H59N5O7S. The first-order valence-corrected chi connectivity index (χ1v) is 21.3. The van der Waals surface area contributed by atoms with Gasteiger partial charge in [0.15, 0.2) is 9.84 Å². The number of nitrogens with zero attached hydrogens (tertiary/aromatic N) is 1. The molecule has 0 bridgehead atoms. The fourth-order valence-electron chi connectivity index (χ4n) is 9.73. The minimum atomic E-state index is -3.37. The van der Waals surface area contributed by atoms with Crippen molar-refractivity contribution in [2.24, 2.45) is 17.3 Å². The van der Waals surface area contributed by atoms with Crippen LogP contribution in [0.25, 0.3) is 0 Å². The summed E-state index contributed by atoms with van der Waals surface area (Å²) < 4.78 is 26.6. The van der Waals surface area contributed by atoms with Gasteiger partial charge in [0.05, 0.1) is 22.6 Å². The molecule has 3 heterocycles. The SMILES string of the molecule is CC1(C)[C@@H]2[C@H]3C(=O)N[C@@H](C(=O)C(=O)NC4CC4)CCCCCCCCC[C@@H](NC(=O)NC4([C@H]5CCCCS5(=O)=O)CCCCC4)C(=O)N3C[C@@H]21. The van der Waals surface area contributed by atoms with Gasteiger partial charge >= 0.3 is 6.03 Å². The van der Waals surface area contributed by atoms with Crippen molar-refractivity contribution in [3.8, 4) is 0 Å². The zero-order valence-electron chi connectivity index (χ0n) is 30.1. The van der Waals surface area contributed by atoms with Crippen LogP contribution in [0.5, 0.6) is 0 Å². The number of nitrogens with one attached hydrogen (secondary N) is 4. The van der Waals surface area contributed by atoms with Crippen LogP contribution in [0.1, 0.15) is 136 Å². The highest BCUT2D eigenvalue weighted by molar-refractivity contribution is 7.92. The van der Waals surface area contributed by atoms with Crippen molar-refractivity contribution >= 4 is 39.4 Å². The number of hydrogen-bond donors (Lipinski definition) is 4. The molecule has 6 atom stereocenters. The first-order chi connectivity index (χ1) is 23.8. The summed E-state index contributed by atoms with van der Waals surface area (Å²) in [6.07, 6.45) is 14.5. The van der Waals surface area contributed by atoms with Gasteiger partial charge in [-0.05, 0) is 68.6 Å². The lowest BCUT2D eigenvalue weighted by Crippen LogP contribution is -2.64. The van der Waals surface area contributed by atoms with Crippen LogP contribution in [0, 0.1) is 17.3 Å². The van der Waals surface area contributed by atoms with E-state index in [4.69, 9.17) is 0 Å². The lowest BCUT2D eigenvalue weighted by molar-refractivity contribution is -0.144. The second kappa shape index (κ2) is 15.1. The second-order valence-corrected chi connectivity index (χ2v) is 19.1.